The molecule has 1 saturated carbocycles. The van der Waals surface area contributed by atoms with Gasteiger partial charge in [0.25, 0.3) is 0 Å². The third kappa shape index (κ3) is 1.36. The van der Waals surface area contributed by atoms with Crippen molar-refractivity contribution in [3.8, 4) is 0 Å². The van der Waals surface area contributed by atoms with Crippen molar-refractivity contribution in [2.45, 2.75) is 39.0 Å². The molecule has 0 nitrogen and oxygen atoms in total. The molecule has 0 heteroatoms. The summed E-state index contributed by atoms with van der Waals surface area (Å²) in [5.41, 5.74) is 0. The van der Waals surface area contributed by atoms with Crippen molar-refractivity contribution in [1.29, 1.82) is 0 Å². The molecule has 62 valence electrons. The van der Waals surface area contributed by atoms with Crippen molar-refractivity contribution >= 4 is 0 Å². The molecule has 3 aliphatic carbocycles. The molecule has 11 heavy (non-hydrogen) atoms. The van der Waals surface area contributed by atoms with Crippen LogP contribution in [0.25, 0.3) is 0 Å². The molecule has 0 saturated heterocycles. The maximum Gasteiger partial charge on any atom is -0.0205 e. The second-order valence-corrected chi connectivity index (χ2v) is 4.13. The first-order chi connectivity index (χ1) is 5.40. The number of fused-ring (bicyclic) bond motifs is 3. The summed E-state index contributed by atoms with van der Waals surface area (Å²) in [7, 11) is 0. The lowest BCUT2D eigenvalue weighted by Crippen LogP contribution is -2.10. The highest BCUT2D eigenvalue weighted by atomic mass is 14.3. The summed E-state index contributed by atoms with van der Waals surface area (Å²) in [6.07, 6.45) is 12.3. The average Bonchev–Trinajstić information content (AvgIpc) is 2.36. The first kappa shape index (κ1) is 7.39. The summed E-state index contributed by atoms with van der Waals surface area (Å²) in [6, 6.07) is 0. The summed E-state index contributed by atoms with van der Waals surface area (Å²) in [4.78, 5) is 0. The molecule has 0 aromatic heterocycles. The van der Waals surface area contributed by atoms with Gasteiger partial charge in [0.2, 0.25) is 0 Å². The molecule has 0 amide bonds. The van der Waals surface area contributed by atoms with Crippen molar-refractivity contribution in [3.05, 3.63) is 12.2 Å². The first-order valence-corrected chi connectivity index (χ1v) is 5.08. The van der Waals surface area contributed by atoms with E-state index in [1.54, 1.807) is 0 Å². The molecule has 0 heterocycles. The molecule has 2 bridgehead atoms. The molecule has 0 radical (unpaired) electrons. The number of hydrogen-bond acceptors (Lipinski definition) is 0. The van der Waals surface area contributed by atoms with E-state index in [2.05, 4.69) is 19.1 Å². The van der Waals surface area contributed by atoms with Crippen LogP contribution in [0.5, 0.6) is 0 Å². The molecular formula is C11H18. The van der Waals surface area contributed by atoms with E-state index in [4.69, 9.17) is 0 Å². The van der Waals surface area contributed by atoms with Crippen LogP contribution in [0.15, 0.2) is 12.2 Å². The van der Waals surface area contributed by atoms with Gasteiger partial charge in [-0.25, -0.2) is 0 Å². The minimum Gasteiger partial charge on any atom is -0.0851 e. The second kappa shape index (κ2) is 3.00. The molecule has 0 N–H and O–H groups in total. The van der Waals surface area contributed by atoms with Crippen molar-refractivity contribution in [3.63, 3.8) is 0 Å². The van der Waals surface area contributed by atoms with E-state index in [9.17, 15) is 0 Å². The normalized spacial score (nSPS) is 42.5. The van der Waals surface area contributed by atoms with Gasteiger partial charge in [0.05, 0.1) is 0 Å². The fourth-order valence-corrected chi connectivity index (χ4v) is 2.68. The Labute approximate surface area is 69.7 Å². The van der Waals surface area contributed by atoms with E-state index in [-0.39, 0.29) is 0 Å². The van der Waals surface area contributed by atoms with Gasteiger partial charge in [-0.3, -0.25) is 0 Å². The maximum atomic E-state index is 2.50. The summed E-state index contributed by atoms with van der Waals surface area (Å²) >= 11 is 0. The zero-order chi connectivity index (χ0) is 7.68. The van der Waals surface area contributed by atoms with E-state index in [0.29, 0.717) is 0 Å². The fraction of sp³-hybridized carbons (Fsp3) is 0.818. The monoisotopic (exact) mass is 150 g/mol. The molecule has 3 rings (SSSR count). The highest BCUT2D eigenvalue weighted by Gasteiger charge is 2.26. The van der Waals surface area contributed by atoms with Gasteiger partial charge in [0, 0.05) is 0 Å². The van der Waals surface area contributed by atoms with Crippen LogP contribution in [0.1, 0.15) is 39.0 Å². The Hall–Kier alpha value is -0.260. The van der Waals surface area contributed by atoms with Crippen molar-refractivity contribution in [1.82, 2.24) is 0 Å². The number of hydrogen-bond donors (Lipinski definition) is 0. The van der Waals surface area contributed by atoms with Gasteiger partial charge in [0.1, 0.15) is 0 Å². The number of rotatable bonds is 1. The molecule has 0 aromatic rings. The van der Waals surface area contributed by atoms with Gasteiger partial charge in [-0.2, -0.15) is 0 Å². The predicted octanol–water partition coefficient (Wildman–Crippen LogP) is 3.39. The Balaban J connectivity index is 2.11. The lowest BCUT2D eigenvalue weighted by Gasteiger charge is -2.21. The van der Waals surface area contributed by atoms with Gasteiger partial charge in [-0.15, -0.1) is 0 Å². The Morgan fingerprint density at radius 3 is 2.55 bits per heavy atom. The van der Waals surface area contributed by atoms with Crippen molar-refractivity contribution in [2.75, 3.05) is 0 Å². The van der Waals surface area contributed by atoms with E-state index < -0.39 is 0 Å². The molecule has 3 aliphatic rings. The zero-order valence-electron chi connectivity index (χ0n) is 7.42. The topological polar surface area (TPSA) is 0 Å². The van der Waals surface area contributed by atoms with Gasteiger partial charge in [-0.1, -0.05) is 25.5 Å². The predicted molar refractivity (Wildman–Crippen MR) is 48.4 cm³/mol. The van der Waals surface area contributed by atoms with Crippen molar-refractivity contribution in [2.24, 2.45) is 17.8 Å². The summed E-state index contributed by atoms with van der Waals surface area (Å²) < 4.78 is 0. The Morgan fingerprint density at radius 2 is 1.91 bits per heavy atom. The molecule has 3 atom stereocenters. The minimum absolute atomic E-state index is 0.943. The molecular weight excluding hydrogens is 132 g/mol. The van der Waals surface area contributed by atoms with Crippen LogP contribution in [-0.2, 0) is 0 Å². The highest BCUT2D eigenvalue weighted by molar-refractivity contribution is 5.02. The zero-order valence-corrected chi connectivity index (χ0v) is 7.42. The third-order valence-electron chi connectivity index (χ3n) is 3.54. The lowest BCUT2D eigenvalue weighted by atomic mass is 9.84. The second-order valence-electron chi connectivity index (χ2n) is 4.13. The largest absolute Gasteiger partial charge is 0.0851 e. The summed E-state index contributed by atoms with van der Waals surface area (Å²) in [5.74, 6) is 2.90. The molecule has 0 aliphatic heterocycles. The van der Waals surface area contributed by atoms with E-state index >= 15 is 0 Å². The third-order valence-corrected chi connectivity index (χ3v) is 3.54. The summed E-state index contributed by atoms with van der Waals surface area (Å²) in [5, 5.41) is 0. The molecule has 1 fully saturated rings. The van der Waals surface area contributed by atoms with Crippen LogP contribution >= 0.6 is 0 Å². The van der Waals surface area contributed by atoms with Crippen LogP contribution < -0.4 is 0 Å². The fourth-order valence-electron chi connectivity index (χ4n) is 2.68. The van der Waals surface area contributed by atoms with Crippen molar-refractivity contribution < 1.29 is 0 Å². The van der Waals surface area contributed by atoms with E-state index in [1.165, 1.54) is 32.1 Å². The molecule has 0 aromatic carbocycles. The van der Waals surface area contributed by atoms with Crippen LogP contribution in [0.4, 0.5) is 0 Å². The van der Waals surface area contributed by atoms with E-state index in [0.717, 1.165) is 17.8 Å². The SMILES string of the molecule is CCC1CCC2C=CC1CC2. The maximum absolute atomic E-state index is 2.50. The van der Waals surface area contributed by atoms with Gasteiger partial charge in [-0.05, 0) is 43.4 Å². The van der Waals surface area contributed by atoms with Crippen LogP contribution in [0.3, 0.4) is 0 Å². The van der Waals surface area contributed by atoms with Crippen LogP contribution in [-0.4, -0.2) is 0 Å². The highest BCUT2D eigenvalue weighted by Crippen LogP contribution is 2.39. The Morgan fingerprint density at radius 1 is 1.09 bits per heavy atom. The minimum atomic E-state index is 0.943. The van der Waals surface area contributed by atoms with E-state index in [1.807, 2.05) is 0 Å². The summed E-state index contributed by atoms with van der Waals surface area (Å²) in [6.45, 7) is 2.34. The van der Waals surface area contributed by atoms with Crippen LogP contribution in [0.2, 0.25) is 0 Å². The smallest absolute Gasteiger partial charge is 0.0205 e. The van der Waals surface area contributed by atoms with Gasteiger partial charge in [0.15, 0.2) is 0 Å². The van der Waals surface area contributed by atoms with Gasteiger partial charge < -0.3 is 0 Å². The number of allylic oxidation sites excluding steroid dienone is 2. The van der Waals surface area contributed by atoms with Gasteiger partial charge >= 0.3 is 0 Å². The van der Waals surface area contributed by atoms with Crippen LogP contribution in [0, 0.1) is 17.8 Å². The molecule has 3 unspecified atom stereocenters. The Kier molecular flexibility index (Phi) is 2.02. The lowest BCUT2D eigenvalue weighted by molar-refractivity contribution is 0.362. The quantitative estimate of drug-likeness (QED) is 0.503. The standard InChI is InChI=1S/C11H18/c1-2-10-6-3-9-4-7-11(10)8-5-9/h4,7,9-11H,2-3,5-6,8H2,1H3. The molecule has 0 spiro atoms. The Bertz CT molecular complexity index is 157. The first-order valence-electron chi connectivity index (χ1n) is 5.08. The average molecular weight is 150 g/mol.